The maximum atomic E-state index is 11.9. The van der Waals surface area contributed by atoms with E-state index >= 15 is 0 Å². The van der Waals surface area contributed by atoms with Crippen molar-refractivity contribution in [1.29, 1.82) is 0 Å². The van der Waals surface area contributed by atoms with Crippen molar-refractivity contribution in [3.63, 3.8) is 0 Å². The lowest BCUT2D eigenvalue weighted by Gasteiger charge is -2.25. The quantitative estimate of drug-likeness (QED) is 0.867. The number of hydrogen-bond acceptors (Lipinski definition) is 4. The van der Waals surface area contributed by atoms with E-state index < -0.39 is 9.84 Å². The van der Waals surface area contributed by atoms with Gasteiger partial charge in [-0.2, -0.15) is 0 Å². The first-order chi connectivity index (χ1) is 9.38. The molecule has 2 rings (SSSR count). The summed E-state index contributed by atoms with van der Waals surface area (Å²) in [6, 6.07) is 5.06. The fraction of sp³-hybridized carbons (Fsp3) is 0.533. The predicted molar refractivity (Wildman–Crippen MR) is 80.1 cm³/mol. The van der Waals surface area contributed by atoms with Crippen LogP contribution in [-0.2, 0) is 9.84 Å². The number of benzene rings is 1. The maximum absolute atomic E-state index is 11.9. The molecule has 1 aliphatic rings. The number of anilines is 1. The second kappa shape index (κ2) is 5.95. The van der Waals surface area contributed by atoms with E-state index in [0.717, 1.165) is 25.7 Å². The Bertz CT molecular complexity index is 602. The Balaban J connectivity index is 2.35. The average molecular weight is 295 g/mol. The summed E-state index contributed by atoms with van der Waals surface area (Å²) in [6.07, 6.45) is 6.87. The standard InChI is InChI=1S/C15H21NO3S/c1-11(17)12-8-9-15(20(2,18)19)14(10-12)16-13-6-4-3-5-7-13/h8-10,13,16H,3-7H2,1-2H3. The average Bonchev–Trinajstić information content (AvgIpc) is 2.38. The number of ketones is 1. The van der Waals surface area contributed by atoms with Crippen molar-refractivity contribution in [2.75, 3.05) is 11.6 Å². The van der Waals surface area contributed by atoms with E-state index in [0.29, 0.717) is 17.3 Å². The van der Waals surface area contributed by atoms with Crippen LogP contribution in [0, 0.1) is 0 Å². The number of hydrogen-bond donors (Lipinski definition) is 1. The molecule has 110 valence electrons. The molecule has 1 fully saturated rings. The van der Waals surface area contributed by atoms with Crippen LogP contribution in [0.1, 0.15) is 49.4 Å². The zero-order valence-corrected chi connectivity index (χ0v) is 12.8. The molecule has 0 radical (unpaired) electrons. The minimum Gasteiger partial charge on any atom is -0.381 e. The van der Waals surface area contributed by atoms with Crippen LogP contribution < -0.4 is 5.32 Å². The van der Waals surface area contributed by atoms with Gasteiger partial charge in [0, 0.05) is 17.9 Å². The van der Waals surface area contributed by atoms with Crippen molar-refractivity contribution in [3.05, 3.63) is 23.8 Å². The van der Waals surface area contributed by atoms with Gasteiger partial charge in [0.05, 0.1) is 10.6 Å². The predicted octanol–water partition coefficient (Wildman–Crippen LogP) is 3.04. The molecule has 0 heterocycles. The molecule has 20 heavy (non-hydrogen) atoms. The molecule has 0 atom stereocenters. The summed E-state index contributed by atoms with van der Waals surface area (Å²) in [4.78, 5) is 11.7. The summed E-state index contributed by atoms with van der Waals surface area (Å²) in [5.74, 6) is -0.0586. The summed E-state index contributed by atoms with van der Waals surface area (Å²) in [7, 11) is -3.30. The molecule has 0 unspecified atom stereocenters. The number of Topliss-reactive ketones (excluding diaryl/α,β-unsaturated/α-hetero) is 1. The van der Waals surface area contributed by atoms with Gasteiger partial charge in [-0.1, -0.05) is 19.3 Å². The third kappa shape index (κ3) is 3.60. The highest BCUT2D eigenvalue weighted by Gasteiger charge is 2.19. The second-order valence-electron chi connectivity index (χ2n) is 5.52. The van der Waals surface area contributed by atoms with Crippen molar-refractivity contribution in [2.45, 2.75) is 50.0 Å². The molecule has 1 aromatic carbocycles. The monoisotopic (exact) mass is 295 g/mol. The molecule has 1 N–H and O–H groups in total. The highest BCUT2D eigenvalue weighted by atomic mass is 32.2. The van der Waals surface area contributed by atoms with Crippen LogP contribution in [0.3, 0.4) is 0 Å². The fourth-order valence-corrected chi connectivity index (χ4v) is 3.48. The minimum atomic E-state index is -3.30. The van der Waals surface area contributed by atoms with E-state index in [1.165, 1.54) is 25.7 Å². The fourth-order valence-electron chi connectivity index (χ4n) is 2.65. The minimum absolute atomic E-state index is 0.0586. The van der Waals surface area contributed by atoms with Crippen LogP contribution in [0.2, 0.25) is 0 Å². The van der Waals surface area contributed by atoms with Gasteiger partial charge in [0.25, 0.3) is 0 Å². The highest BCUT2D eigenvalue weighted by molar-refractivity contribution is 7.90. The lowest BCUT2D eigenvalue weighted by atomic mass is 9.95. The Morgan fingerprint density at radius 2 is 1.85 bits per heavy atom. The van der Waals surface area contributed by atoms with Gasteiger partial charge in [-0.05, 0) is 38.0 Å². The third-order valence-corrected chi connectivity index (χ3v) is 4.91. The highest BCUT2D eigenvalue weighted by Crippen LogP contribution is 2.27. The molecule has 0 aromatic heterocycles. The Morgan fingerprint density at radius 1 is 1.20 bits per heavy atom. The Morgan fingerprint density at radius 3 is 2.40 bits per heavy atom. The van der Waals surface area contributed by atoms with Crippen LogP contribution in [0.25, 0.3) is 0 Å². The van der Waals surface area contributed by atoms with Gasteiger partial charge in [0.15, 0.2) is 15.6 Å². The smallest absolute Gasteiger partial charge is 0.177 e. The van der Waals surface area contributed by atoms with Crippen molar-refractivity contribution in [3.8, 4) is 0 Å². The van der Waals surface area contributed by atoms with Crippen LogP contribution >= 0.6 is 0 Å². The van der Waals surface area contributed by atoms with E-state index in [2.05, 4.69) is 5.32 Å². The molecular weight excluding hydrogens is 274 g/mol. The third-order valence-electron chi connectivity index (χ3n) is 3.75. The number of sulfone groups is 1. The normalized spacial score (nSPS) is 16.9. The molecule has 0 aliphatic heterocycles. The van der Waals surface area contributed by atoms with E-state index in [-0.39, 0.29) is 10.7 Å². The van der Waals surface area contributed by atoms with Gasteiger partial charge in [-0.15, -0.1) is 0 Å². The molecule has 0 amide bonds. The molecule has 1 aromatic rings. The van der Waals surface area contributed by atoms with E-state index in [9.17, 15) is 13.2 Å². The summed E-state index contributed by atoms with van der Waals surface area (Å²) >= 11 is 0. The lowest BCUT2D eigenvalue weighted by Crippen LogP contribution is -2.23. The molecule has 5 heteroatoms. The summed E-state index contributed by atoms with van der Waals surface area (Å²) in [6.45, 7) is 1.49. The summed E-state index contributed by atoms with van der Waals surface area (Å²) in [5.41, 5.74) is 1.10. The number of nitrogens with one attached hydrogen (secondary N) is 1. The molecular formula is C15H21NO3S. The largest absolute Gasteiger partial charge is 0.381 e. The van der Waals surface area contributed by atoms with Gasteiger partial charge in [0.1, 0.15) is 0 Å². The Labute approximate surface area is 120 Å². The van der Waals surface area contributed by atoms with Crippen molar-refractivity contribution in [1.82, 2.24) is 0 Å². The molecule has 0 saturated heterocycles. The van der Waals surface area contributed by atoms with Gasteiger partial charge >= 0.3 is 0 Å². The number of carbonyl (C=O) groups is 1. The number of rotatable bonds is 4. The number of carbonyl (C=O) groups excluding carboxylic acids is 1. The van der Waals surface area contributed by atoms with Crippen LogP contribution in [-0.4, -0.2) is 26.5 Å². The van der Waals surface area contributed by atoms with E-state index in [1.807, 2.05) is 0 Å². The summed E-state index contributed by atoms with van der Waals surface area (Å²) < 4.78 is 23.7. The van der Waals surface area contributed by atoms with Crippen LogP contribution in [0.4, 0.5) is 5.69 Å². The Kier molecular flexibility index (Phi) is 4.48. The van der Waals surface area contributed by atoms with Gasteiger partial charge in [-0.25, -0.2) is 8.42 Å². The molecule has 0 spiro atoms. The molecule has 0 bridgehead atoms. The second-order valence-corrected chi connectivity index (χ2v) is 7.50. The van der Waals surface area contributed by atoms with E-state index in [1.54, 1.807) is 12.1 Å². The van der Waals surface area contributed by atoms with Gasteiger partial charge < -0.3 is 5.32 Å². The Hall–Kier alpha value is -1.36. The zero-order chi connectivity index (χ0) is 14.8. The lowest BCUT2D eigenvalue weighted by molar-refractivity contribution is 0.101. The first kappa shape index (κ1) is 15.0. The van der Waals surface area contributed by atoms with Crippen LogP contribution in [0.5, 0.6) is 0 Å². The van der Waals surface area contributed by atoms with Crippen LogP contribution in [0.15, 0.2) is 23.1 Å². The van der Waals surface area contributed by atoms with Crippen molar-refractivity contribution < 1.29 is 13.2 Å². The molecule has 1 saturated carbocycles. The van der Waals surface area contributed by atoms with Crippen molar-refractivity contribution >= 4 is 21.3 Å². The topological polar surface area (TPSA) is 63.2 Å². The molecule has 4 nitrogen and oxygen atoms in total. The first-order valence-electron chi connectivity index (χ1n) is 6.99. The van der Waals surface area contributed by atoms with Gasteiger partial charge in [0.2, 0.25) is 0 Å². The van der Waals surface area contributed by atoms with Crippen molar-refractivity contribution in [2.24, 2.45) is 0 Å². The first-order valence-corrected chi connectivity index (χ1v) is 8.88. The SMILES string of the molecule is CC(=O)c1ccc(S(C)(=O)=O)c(NC2CCCCC2)c1. The summed E-state index contributed by atoms with van der Waals surface area (Å²) in [5, 5.41) is 3.32. The van der Waals surface area contributed by atoms with Gasteiger partial charge in [-0.3, -0.25) is 4.79 Å². The van der Waals surface area contributed by atoms with E-state index in [4.69, 9.17) is 0 Å². The maximum Gasteiger partial charge on any atom is 0.177 e. The molecule has 1 aliphatic carbocycles. The zero-order valence-electron chi connectivity index (χ0n) is 12.0.